The van der Waals surface area contributed by atoms with Gasteiger partial charge < -0.3 is 4.57 Å². The molecule has 0 spiro atoms. The van der Waals surface area contributed by atoms with Crippen LogP contribution >= 0.6 is 34.5 Å². The number of rotatable bonds is 2. The summed E-state index contributed by atoms with van der Waals surface area (Å²) in [5.74, 6) is 1.52. The Kier molecular flexibility index (Phi) is 3.44. The summed E-state index contributed by atoms with van der Waals surface area (Å²) >= 11 is 13.7. The lowest BCUT2D eigenvalue weighted by Crippen LogP contribution is -2.12. The van der Waals surface area contributed by atoms with E-state index in [9.17, 15) is 0 Å². The standard InChI is InChI=1S/C14H9Cl2N5S/c15-8-1-2-9(10(16)5-8)14-18-11(7-22-14)13-20-19-12-6-17-3-4-21(12)13/h1-2,5-7H,3-4H2. The predicted octanol–water partition coefficient (Wildman–Crippen LogP) is 3.81. The Balaban J connectivity index is 1.76. The molecule has 0 unspecified atom stereocenters. The van der Waals surface area contributed by atoms with Crippen LogP contribution in [0.5, 0.6) is 0 Å². The fourth-order valence-corrected chi connectivity index (χ4v) is 3.68. The van der Waals surface area contributed by atoms with Gasteiger partial charge >= 0.3 is 0 Å². The fraction of sp³-hybridized carbons (Fsp3) is 0.143. The minimum atomic E-state index is 0.587. The number of fused-ring (bicyclic) bond motifs is 1. The van der Waals surface area contributed by atoms with Gasteiger partial charge in [0.05, 0.1) is 17.8 Å². The fourth-order valence-electron chi connectivity index (χ4n) is 2.29. The van der Waals surface area contributed by atoms with Gasteiger partial charge in [-0.25, -0.2) is 4.98 Å². The Labute approximate surface area is 140 Å². The summed E-state index contributed by atoms with van der Waals surface area (Å²) in [5.41, 5.74) is 1.65. The zero-order valence-electron chi connectivity index (χ0n) is 11.2. The number of aromatic nitrogens is 4. The molecule has 5 nitrogen and oxygen atoms in total. The molecule has 0 radical (unpaired) electrons. The van der Waals surface area contributed by atoms with Gasteiger partial charge in [-0.3, -0.25) is 4.99 Å². The van der Waals surface area contributed by atoms with Crippen LogP contribution in [0.4, 0.5) is 0 Å². The SMILES string of the molecule is Clc1ccc(-c2nc(-c3nnc4n3CCN=C4)cs2)c(Cl)c1. The van der Waals surface area contributed by atoms with Crippen molar-refractivity contribution in [2.45, 2.75) is 6.54 Å². The van der Waals surface area contributed by atoms with Crippen LogP contribution in [0, 0.1) is 0 Å². The van der Waals surface area contributed by atoms with Gasteiger partial charge in [-0.05, 0) is 18.2 Å². The summed E-state index contributed by atoms with van der Waals surface area (Å²) in [6.07, 6.45) is 1.74. The van der Waals surface area contributed by atoms with Gasteiger partial charge in [0.15, 0.2) is 11.6 Å². The van der Waals surface area contributed by atoms with Crippen LogP contribution in [0.15, 0.2) is 28.6 Å². The average molecular weight is 350 g/mol. The molecule has 0 N–H and O–H groups in total. The van der Waals surface area contributed by atoms with E-state index in [4.69, 9.17) is 23.2 Å². The summed E-state index contributed by atoms with van der Waals surface area (Å²) in [6, 6.07) is 5.40. The molecule has 110 valence electrons. The van der Waals surface area contributed by atoms with Crippen LogP contribution in [-0.2, 0) is 6.54 Å². The number of thiazole rings is 1. The third-order valence-electron chi connectivity index (χ3n) is 3.33. The van der Waals surface area contributed by atoms with Crippen LogP contribution < -0.4 is 0 Å². The van der Waals surface area contributed by atoms with Gasteiger partial charge in [0, 0.05) is 22.5 Å². The van der Waals surface area contributed by atoms with E-state index in [0.717, 1.165) is 41.0 Å². The molecule has 1 aromatic carbocycles. The van der Waals surface area contributed by atoms with Gasteiger partial charge in [0.1, 0.15) is 10.7 Å². The maximum atomic E-state index is 6.25. The third kappa shape index (κ3) is 2.33. The summed E-state index contributed by atoms with van der Waals surface area (Å²) in [6.45, 7) is 1.50. The maximum absolute atomic E-state index is 6.25. The first-order valence-corrected chi connectivity index (χ1v) is 8.20. The second kappa shape index (κ2) is 5.46. The second-order valence-corrected chi connectivity index (χ2v) is 6.43. The zero-order chi connectivity index (χ0) is 15.1. The smallest absolute Gasteiger partial charge is 0.183 e. The molecule has 0 aliphatic carbocycles. The Bertz CT molecular complexity index is 883. The second-order valence-electron chi connectivity index (χ2n) is 4.73. The Morgan fingerprint density at radius 2 is 2.09 bits per heavy atom. The third-order valence-corrected chi connectivity index (χ3v) is 4.76. The Hall–Kier alpha value is -1.76. The normalized spacial score (nSPS) is 13.4. The molecule has 22 heavy (non-hydrogen) atoms. The van der Waals surface area contributed by atoms with Crippen LogP contribution in [0.2, 0.25) is 10.0 Å². The van der Waals surface area contributed by atoms with Gasteiger partial charge in [0.25, 0.3) is 0 Å². The van der Waals surface area contributed by atoms with Crippen molar-refractivity contribution in [2.24, 2.45) is 4.99 Å². The monoisotopic (exact) mass is 349 g/mol. The van der Waals surface area contributed by atoms with Crippen molar-refractivity contribution in [1.82, 2.24) is 19.7 Å². The number of hydrogen-bond acceptors (Lipinski definition) is 5. The van der Waals surface area contributed by atoms with Crippen molar-refractivity contribution >= 4 is 40.8 Å². The minimum Gasteiger partial charge on any atom is -0.303 e. The number of nitrogens with zero attached hydrogens (tertiary/aromatic N) is 5. The van der Waals surface area contributed by atoms with Gasteiger partial charge in [-0.2, -0.15) is 0 Å². The van der Waals surface area contributed by atoms with E-state index in [-0.39, 0.29) is 0 Å². The quantitative estimate of drug-likeness (QED) is 0.706. The molecular formula is C14H9Cl2N5S. The Morgan fingerprint density at radius 3 is 2.95 bits per heavy atom. The van der Waals surface area contributed by atoms with Crippen LogP contribution in [0.25, 0.3) is 22.1 Å². The van der Waals surface area contributed by atoms with Gasteiger partial charge in [-0.1, -0.05) is 23.2 Å². The molecule has 8 heteroatoms. The molecule has 0 saturated heterocycles. The van der Waals surface area contributed by atoms with E-state index in [2.05, 4.69) is 20.2 Å². The summed E-state index contributed by atoms with van der Waals surface area (Å²) < 4.78 is 2.02. The molecule has 2 aromatic heterocycles. The van der Waals surface area contributed by atoms with Crippen molar-refractivity contribution in [3.05, 3.63) is 39.4 Å². The first-order chi connectivity index (χ1) is 10.7. The summed E-state index contributed by atoms with van der Waals surface area (Å²) in [4.78, 5) is 8.85. The molecule has 0 fully saturated rings. The van der Waals surface area contributed by atoms with E-state index in [1.807, 2.05) is 16.0 Å². The summed E-state index contributed by atoms with van der Waals surface area (Å²) in [5, 5.41) is 12.3. The lowest BCUT2D eigenvalue weighted by molar-refractivity contribution is 0.691. The van der Waals surface area contributed by atoms with E-state index in [1.165, 1.54) is 11.3 Å². The van der Waals surface area contributed by atoms with E-state index in [1.54, 1.807) is 18.3 Å². The lowest BCUT2D eigenvalue weighted by Gasteiger charge is -2.08. The average Bonchev–Trinajstić information content (AvgIpc) is 3.13. The van der Waals surface area contributed by atoms with E-state index >= 15 is 0 Å². The van der Waals surface area contributed by atoms with E-state index in [0.29, 0.717) is 10.0 Å². The Morgan fingerprint density at radius 1 is 1.18 bits per heavy atom. The molecular weight excluding hydrogens is 341 g/mol. The summed E-state index contributed by atoms with van der Waals surface area (Å²) in [7, 11) is 0. The molecule has 4 rings (SSSR count). The topological polar surface area (TPSA) is 56.0 Å². The van der Waals surface area contributed by atoms with Crippen LogP contribution in [-0.4, -0.2) is 32.5 Å². The largest absolute Gasteiger partial charge is 0.303 e. The van der Waals surface area contributed by atoms with E-state index < -0.39 is 0 Å². The molecule has 3 heterocycles. The van der Waals surface area contributed by atoms with Crippen molar-refractivity contribution in [3.8, 4) is 22.1 Å². The highest BCUT2D eigenvalue weighted by atomic mass is 35.5. The highest BCUT2D eigenvalue weighted by Gasteiger charge is 2.18. The molecule has 0 amide bonds. The van der Waals surface area contributed by atoms with Crippen LogP contribution in [0.1, 0.15) is 5.82 Å². The number of halogens is 2. The molecule has 1 aliphatic rings. The lowest BCUT2D eigenvalue weighted by atomic mass is 10.2. The highest BCUT2D eigenvalue weighted by molar-refractivity contribution is 7.13. The maximum Gasteiger partial charge on any atom is 0.183 e. The van der Waals surface area contributed by atoms with Gasteiger partial charge in [-0.15, -0.1) is 21.5 Å². The van der Waals surface area contributed by atoms with Crippen molar-refractivity contribution in [1.29, 1.82) is 0 Å². The minimum absolute atomic E-state index is 0.587. The molecule has 0 bridgehead atoms. The number of benzene rings is 1. The predicted molar refractivity (Wildman–Crippen MR) is 89.0 cm³/mol. The first-order valence-electron chi connectivity index (χ1n) is 6.57. The van der Waals surface area contributed by atoms with Crippen molar-refractivity contribution < 1.29 is 0 Å². The van der Waals surface area contributed by atoms with Crippen molar-refractivity contribution in [2.75, 3.05) is 6.54 Å². The van der Waals surface area contributed by atoms with Crippen LogP contribution in [0.3, 0.4) is 0 Å². The molecule has 1 aliphatic heterocycles. The molecule has 3 aromatic rings. The number of aliphatic imine (C=N–C) groups is 1. The first kappa shape index (κ1) is 13.9. The van der Waals surface area contributed by atoms with Gasteiger partial charge in [0.2, 0.25) is 0 Å². The zero-order valence-corrected chi connectivity index (χ0v) is 13.5. The highest BCUT2D eigenvalue weighted by Crippen LogP contribution is 2.34. The molecule has 0 atom stereocenters. The van der Waals surface area contributed by atoms with Crippen molar-refractivity contribution in [3.63, 3.8) is 0 Å². The molecule has 0 saturated carbocycles. The number of hydrogen-bond donors (Lipinski definition) is 0.